The average Bonchev–Trinajstić information content (AvgIpc) is 2.63. The van der Waals surface area contributed by atoms with E-state index in [-0.39, 0.29) is 11.1 Å². The first-order chi connectivity index (χ1) is 16.5. The highest BCUT2D eigenvalue weighted by Gasteiger charge is 2.85. The molecule has 0 heterocycles. The Morgan fingerprint density at radius 3 is 1.34 bits per heavy atom. The van der Waals surface area contributed by atoms with E-state index >= 15 is 0 Å². The second-order valence-corrected chi connectivity index (χ2v) is 7.21. The minimum atomic E-state index is -8.08. The molecule has 0 saturated heterocycles. The third kappa shape index (κ3) is 6.01. The Morgan fingerprint density at radius 2 is 1.00 bits per heavy atom. The number of alkyl halides is 17. The fraction of sp³-hybridized carbons (Fsp3) is 0.588. The Labute approximate surface area is 198 Å². The lowest BCUT2D eigenvalue weighted by Crippen LogP contribution is -2.68. The van der Waals surface area contributed by atoms with Crippen molar-refractivity contribution in [1.82, 2.24) is 0 Å². The van der Waals surface area contributed by atoms with Gasteiger partial charge >= 0.3 is 54.3 Å². The van der Waals surface area contributed by atoms with Crippen LogP contribution in [0.3, 0.4) is 0 Å². The minimum absolute atomic E-state index is 0.0385. The SMILES string of the molecule is Cc1cc(C)cc(OC(=O)[C@@](F)(OC(F)(F)[C@](F)(OC(F)(F)C(F)(F)C(F)(F)F)C(F)(F)F)C(F)(F)F)c1. The fourth-order valence-electron chi connectivity index (χ4n) is 2.31. The van der Waals surface area contributed by atoms with Crippen LogP contribution >= 0.6 is 0 Å². The molecule has 0 unspecified atom stereocenters. The second-order valence-electron chi connectivity index (χ2n) is 7.21. The van der Waals surface area contributed by atoms with Crippen molar-refractivity contribution < 1.29 is 93.6 Å². The van der Waals surface area contributed by atoms with Crippen LogP contribution in [0.2, 0.25) is 0 Å². The van der Waals surface area contributed by atoms with E-state index in [4.69, 9.17) is 0 Å². The van der Waals surface area contributed by atoms with Gasteiger partial charge in [-0.3, -0.25) is 9.47 Å². The van der Waals surface area contributed by atoms with E-state index in [1.165, 1.54) is 24.7 Å². The minimum Gasteiger partial charge on any atom is -0.422 e. The standard InChI is InChI=1S/C17H9F17O4/c1-6-3-7(2)5-8(4-6)36-9(35)10(18,13(22,23)24)37-17(33,34)12(21,15(28,29)30)38-16(31,32)11(19,20)14(25,26)27/h3-5H,1-2H3/t10-,12-/m1/s1. The number of carbonyl (C=O) groups excluding carboxylic acids is 1. The molecule has 1 aromatic rings. The van der Waals surface area contributed by atoms with Gasteiger partial charge in [0.1, 0.15) is 5.75 Å². The number of hydrogen-bond donors (Lipinski definition) is 0. The molecule has 1 rings (SSSR count). The van der Waals surface area contributed by atoms with E-state index in [0.29, 0.717) is 12.1 Å². The topological polar surface area (TPSA) is 44.8 Å². The predicted octanol–water partition coefficient (Wildman–Crippen LogP) is 7.08. The number of halogens is 17. The smallest absolute Gasteiger partial charge is 0.422 e. The average molecular weight is 600 g/mol. The molecule has 0 radical (unpaired) electrons. The van der Waals surface area contributed by atoms with Crippen molar-refractivity contribution in [3.05, 3.63) is 29.3 Å². The summed E-state index contributed by atoms with van der Waals surface area (Å²) in [6, 6.07) is 2.49. The molecule has 0 spiro atoms. The molecule has 0 saturated carbocycles. The summed E-state index contributed by atoms with van der Waals surface area (Å²) in [5, 5.41) is 0. The van der Waals surface area contributed by atoms with Gasteiger partial charge in [0, 0.05) is 0 Å². The fourth-order valence-corrected chi connectivity index (χ4v) is 2.31. The molecule has 4 nitrogen and oxygen atoms in total. The van der Waals surface area contributed by atoms with Crippen LogP contribution in [0.15, 0.2) is 18.2 Å². The zero-order chi connectivity index (χ0) is 30.6. The Hall–Kier alpha value is -2.58. The summed E-state index contributed by atoms with van der Waals surface area (Å²) < 4.78 is 230. The van der Waals surface area contributed by atoms with Crippen molar-refractivity contribution in [2.45, 2.75) is 62.2 Å². The zero-order valence-electron chi connectivity index (χ0n) is 17.8. The quantitative estimate of drug-likeness (QED) is 0.182. The third-order valence-corrected chi connectivity index (χ3v) is 4.03. The van der Waals surface area contributed by atoms with Gasteiger partial charge < -0.3 is 4.74 Å². The molecule has 0 bridgehead atoms. The Balaban J connectivity index is 3.65. The van der Waals surface area contributed by atoms with E-state index in [1.807, 2.05) is 4.74 Å². The maximum Gasteiger partial charge on any atom is 0.462 e. The molecule has 38 heavy (non-hydrogen) atoms. The van der Waals surface area contributed by atoms with Crippen LogP contribution in [-0.2, 0) is 14.3 Å². The van der Waals surface area contributed by atoms with Crippen molar-refractivity contribution in [2.75, 3.05) is 0 Å². The largest absolute Gasteiger partial charge is 0.462 e. The van der Waals surface area contributed by atoms with Crippen LogP contribution in [0, 0.1) is 13.8 Å². The van der Waals surface area contributed by atoms with Gasteiger partial charge in [0.15, 0.2) is 0 Å². The summed E-state index contributed by atoms with van der Waals surface area (Å²) >= 11 is 0. The Kier molecular flexibility index (Phi) is 8.41. The maximum atomic E-state index is 14.4. The number of hydrogen-bond acceptors (Lipinski definition) is 4. The lowest BCUT2D eigenvalue weighted by atomic mass is 10.1. The second kappa shape index (κ2) is 9.56. The number of benzene rings is 1. The van der Waals surface area contributed by atoms with Gasteiger partial charge in [0.05, 0.1) is 0 Å². The molecule has 0 aliphatic carbocycles. The van der Waals surface area contributed by atoms with Crippen molar-refractivity contribution in [1.29, 1.82) is 0 Å². The first kappa shape index (κ1) is 33.4. The molecule has 1 aromatic carbocycles. The summed E-state index contributed by atoms with van der Waals surface area (Å²) in [5.74, 6) is -27.7. The Bertz CT molecular complexity index is 1010. The summed E-state index contributed by atoms with van der Waals surface area (Å²) in [5.41, 5.74) is 0.0770. The molecule has 2 atom stereocenters. The van der Waals surface area contributed by atoms with E-state index in [1.54, 1.807) is 0 Å². The highest BCUT2D eigenvalue weighted by atomic mass is 19.4. The van der Waals surface area contributed by atoms with Gasteiger partial charge in [-0.25, -0.2) is 4.79 Å². The maximum absolute atomic E-state index is 14.4. The summed E-state index contributed by atoms with van der Waals surface area (Å²) in [4.78, 5) is 11.7. The van der Waals surface area contributed by atoms with E-state index in [0.717, 1.165) is 0 Å². The first-order valence-electron chi connectivity index (χ1n) is 8.87. The Morgan fingerprint density at radius 1 is 0.579 bits per heavy atom. The van der Waals surface area contributed by atoms with Gasteiger partial charge in [-0.1, -0.05) is 6.07 Å². The van der Waals surface area contributed by atoms with Crippen LogP contribution < -0.4 is 4.74 Å². The van der Waals surface area contributed by atoms with Crippen molar-refractivity contribution in [3.63, 3.8) is 0 Å². The molecule has 0 aliphatic heterocycles. The normalized spacial score (nSPS) is 17.6. The van der Waals surface area contributed by atoms with Crippen molar-refractivity contribution in [2.24, 2.45) is 0 Å². The molecule has 220 valence electrons. The third-order valence-electron chi connectivity index (χ3n) is 4.03. The van der Waals surface area contributed by atoms with Gasteiger partial charge in [0.2, 0.25) is 0 Å². The number of aryl methyl sites for hydroxylation is 2. The highest BCUT2D eigenvalue weighted by Crippen LogP contribution is 2.56. The van der Waals surface area contributed by atoms with Crippen LogP contribution in [0.4, 0.5) is 74.6 Å². The van der Waals surface area contributed by atoms with Gasteiger partial charge in [-0.15, -0.1) is 0 Å². The summed E-state index contributed by atoms with van der Waals surface area (Å²) in [6.45, 7) is 2.35. The van der Waals surface area contributed by atoms with Crippen LogP contribution in [0.25, 0.3) is 0 Å². The van der Waals surface area contributed by atoms with E-state index in [2.05, 4.69) is 4.74 Å². The number of ether oxygens (including phenoxy) is 3. The number of esters is 1. The zero-order valence-corrected chi connectivity index (χ0v) is 17.8. The number of rotatable bonds is 8. The first-order valence-corrected chi connectivity index (χ1v) is 8.87. The van der Waals surface area contributed by atoms with E-state index < -0.39 is 60.1 Å². The summed E-state index contributed by atoms with van der Waals surface area (Å²) in [6.07, 6.45) is -38.7. The van der Waals surface area contributed by atoms with Crippen molar-refractivity contribution >= 4 is 5.97 Å². The van der Waals surface area contributed by atoms with Crippen LogP contribution in [0.5, 0.6) is 5.75 Å². The molecular formula is C17H9F17O4. The van der Waals surface area contributed by atoms with Crippen LogP contribution in [-0.4, -0.2) is 54.3 Å². The van der Waals surface area contributed by atoms with Crippen LogP contribution in [0.1, 0.15) is 11.1 Å². The molecule has 21 heteroatoms. The summed E-state index contributed by atoms with van der Waals surface area (Å²) in [7, 11) is 0. The molecule has 0 amide bonds. The van der Waals surface area contributed by atoms with Crippen molar-refractivity contribution in [3.8, 4) is 5.75 Å². The van der Waals surface area contributed by atoms with Gasteiger partial charge in [-0.05, 0) is 37.1 Å². The highest BCUT2D eigenvalue weighted by molar-refractivity contribution is 5.81. The molecular weight excluding hydrogens is 591 g/mol. The molecule has 0 aromatic heterocycles. The van der Waals surface area contributed by atoms with E-state index in [9.17, 15) is 79.4 Å². The molecule has 0 N–H and O–H groups in total. The van der Waals surface area contributed by atoms with Gasteiger partial charge in [0.25, 0.3) is 0 Å². The lowest BCUT2D eigenvalue weighted by molar-refractivity contribution is -0.548. The molecule has 0 aliphatic rings. The molecule has 0 fully saturated rings. The lowest BCUT2D eigenvalue weighted by Gasteiger charge is -2.39. The monoisotopic (exact) mass is 600 g/mol. The number of carbonyl (C=O) groups is 1. The predicted molar refractivity (Wildman–Crippen MR) is 84.4 cm³/mol. The van der Waals surface area contributed by atoms with Gasteiger partial charge in [-0.2, -0.15) is 74.6 Å².